The second kappa shape index (κ2) is 10.9. The minimum atomic E-state index is -1.31. The molecule has 4 N–H and O–H groups in total. The van der Waals surface area contributed by atoms with Crippen LogP contribution in [0.3, 0.4) is 0 Å². The first kappa shape index (κ1) is 25.9. The molecule has 2 aromatic heterocycles. The Hall–Kier alpha value is -3.77. The Morgan fingerprint density at radius 2 is 2.16 bits per heavy atom. The van der Waals surface area contributed by atoms with Gasteiger partial charge in [0, 0.05) is 68.6 Å². The van der Waals surface area contributed by atoms with Crippen molar-refractivity contribution in [2.75, 3.05) is 62.9 Å². The van der Waals surface area contributed by atoms with E-state index in [1.54, 1.807) is 25.4 Å². The number of carbonyl (C=O) groups excluding carboxylic acids is 1. The fraction of sp³-hybridized carbons (Fsp3) is 0.423. The number of piperidine rings is 1. The van der Waals surface area contributed by atoms with Gasteiger partial charge < -0.3 is 25.3 Å². The second-order valence-electron chi connectivity index (χ2n) is 9.36. The Bertz CT molecular complexity index is 1360. The number of likely N-dealkylation sites (tertiary alicyclic amines) is 1. The van der Waals surface area contributed by atoms with Crippen LogP contribution in [0.15, 0.2) is 24.5 Å². The zero-order valence-corrected chi connectivity index (χ0v) is 21.2. The molecule has 1 fully saturated rings. The molecule has 0 saturated carbocycles. The first-order valence-corrected chi connectivity index (χ1v) is 12.4. The van der Waals surface area contributed by atoms with Crippen molar-refractivity contribution in [1.82, 2.24) is 14.9 Å². The summed E-state index contributed by atoms with van der Waals surface area (Å²) < 4.78 is 45.9. The van der Waals surface area contributed by atoms with Gasteiger partial charge >= 0.3 is 6.09 Å². The molecule has 202 valence electrons. The zero-order chi connectivity index (χ0) is 26.8. The van der Waals surface area contributed by atoms with Crippen molar-refractivity contribution in [2.24, 2.45) is 0 Å². The normalized spacial score (nSPS) is 19.4. The summed E-state index contributed by atoms with van der Waals surface area (Å²) in [7, 11) is 1.60. The molecule has 0 spiro atoms. The van der Waals surface area contributed by atoms with Gasteiger partial charge in [-0.25, -0.2) is 23.5 Å². The molecule has 2 atom stereocenters. The number of anilines is 3. The van der Waals surface area contributed by atoms with E-state index in [2.05, 4.69) is 20.6 Å². The molecule has 2 aliphatic heterocycles. The fourth-order valence-corrected chi connectivity index (χ4v) is 4.83. The lowest BCUT2D eigenvalue weighted by molar-refractivity contribution is -0.00814. The number of amides is 1. The largest absolute Gasteiger partial charge is 0.474 e. The summed E-state index contributed by atoms with van der Waals surface area (Å²) >= 11 is 0. The molecule has 10 nitrogen and oxygen atoms in total. The molecular formula is C26H30F2N6O4. The molecule has 2 aliphatic rings. The molecule has 3 aromatic rings. The number of ether oxygens (including phenoxy) is 3. The molecule has 0 aliphatic carbocycles. The lowest BCUT2D eigenvalue weighted by atomic mass is 9.97. The maximum atomic E-state index is 15.4. The van der Waals surface area contributed by atoms with Gasteiger partial charge in [-0.05, 0) is 30.0 Å². The van der Waals surface area contributed by atoms with Gasteiger partial charge in [-0.1, -0.05) is 0 Å². The smallest absolute Gasteiger partial charge is 0.413 e. The van der Waals surface area contributed by atoms with Gasteiger partial charge in [0.15, 0.2) is 5.82 Å². The number of alkyl halides is 1. The average molecular weight is 529 g/mol. The van der Waals surface area contributed by atoms with Gasteiger partial charge in [-0.2, -0.15) is 0 Å². The number of nitrogen functional groups attached to an aromatic ring is 1. The highest BCUT2D eigenvalue weighted by molar-refractivity contribution is 5.99. The summed E-state index contributed by atoms with van der Waals surface area (Å²) in [6.07, 6.45) is 0.322. The van der Waals surface area contributed by atoms with Gasteiger partial charge in [-0.15, -0.1) is 0 Å². The molecule has 1 amide bonds. The van der Waals surface area contributed by atoms with Crippen LogP contribution in [0.2, 0.25) is 0 Å². The van der Waals surface area contributed by atoms with Crippen LogP contribution in [0.4, 0.5) is 30.8 Å². The number of carbonyl (C=O) groups is 1. The highest BCUT2D eigenvalue weighted by Crippen LogP contribution is 2.39. The van der Waals surface area contributed by atoms with E-state index in [0.29, 0.717) is 67.2 Å². The van der Waals surface area contributed by atoms with Gasteiger partial charge in [-0.3, -0.25) is 10.2 Å². The minimum Gasteiger partial charge on any atom is -0.474 e. The van der Waals surface area contributed by atoms with Crippen molar-refractivity contribution < 1.29 is 27.8 Å². The average Bonchev–Trinajstić information content (AvgIpc) is 2.91. The number of aromatic nitrogens is 2. The van der Waals surface area contributed by atoms with Crippen molar-refractivity contribution in [2.45, 2.75) is 25.6 Å². The summed E-state index contributed by atoms with van der Waals surface area (Å²) in [5.74, 6) is 0.0478. The summed E-state index contributed by atoms with van der Waals surface area (Å²) in [6, 6.07) is 3.20. The highest BCUT2D eigenvalue weighted by Gasteiger charge is 2.32. The Balaban J connectivity index is 1.35. The number of hydrogen-bond acceptors (Lipinski definition) is 9. The number of methoxy groups -OCH3 is 1. The van der Waals surface area contributed by atoms with Crippen molar-refractivity contribution in [3.05, 3.63) is 35.9 Å². The predicted molar refractivity (Wildman–Crippen MR) is 140 cm³/mol. The van der Waals surface area contributed by atoms with E-state index in [-0.39, 0.29) is 23.6 Å². The predicted octanol–water partition coefficient (Wildman–Crippen LogP) is 3.74. The molecule has 1 saturated heterocycles. The molecular weight excluding hydrogens is 498 g/mol. The quantitative estimate of drug-likeness (QED) is 0.411. The summed E-state index contributed by atoms with van der Waals surface area (Å²) in [5, 5.41) is 6.74. The van der Waals surface area contributed by atoms with Crippen molar-refractivity contribution in [3.8, 4) is 17.0 Å². The standard InChI is InChI=1S/C26H30F2N6O4/c1-14-17(11-32-25-24(14)30-4-7-37-25)16-9-15-10-21(31-12-18(15)23(29)22(16)28)33-26(35)38-20-3-5-34(6-8-36-2)13-19(20)27/h9-12,19-20,30H,3-8,13,29H2,1-2H3,(H,31,33,35)/t19-,20+/m0/s1. The SMILES string of the molecule is COCCN1CC[C@@H](OC(=O)Nc2cc3cc(-c4cnc5c(c4C)NCCO5)c(F)c(N)c3cn2)[C@@H](F)C1. The summed E-state index contributed by atoms with van der Waals surface area (Å²) in [6.45, 7) is 4.87. The number of benzene rings is 1. The number of rotatable bonds is 6. The number of pyridine rings is 2. The van der Waals surface area contributed by atoms with Gasteiger partial charge in [0.1, 0.15) is 30.4 Å². The van der Waals surface area contributed by atoms with Crippen LogP contribution in [0.1, 0.15) is 12.0 Å². The Morgan fingerprint density at radius 3 is 2.95 bits per heavy atom. The molecule has 38 heavy (non-hydrogen) atoms. The van der Waals surface area contributed by atoms with Gasteiger partial charge in [0.05, 0.1) is 12.3 Å². The monoisotopic (exact) mass is 528 g/mol. The van der Waals surface area contributed by atoms with Crippen LogP contribution in [-0.4, -0.2) is 79.7 Å². The lowest BCUT2D eigenvalue weighted by Gasteiger charge is -2.33. The zero-order valence-electron chi connectivity index (χ0n) is 21.2. The number of nitrogens with two attached hydrogens (primary N) is 1. The van der Waals surface area contributed by atoms with Crippen LogP contribution in [0.25, 0.3) is 21.9 Å². The highest BCUT2D eigenvalue weighted by atomic mass is 19.1. The number of fused-ring (bicyclic) bond motifs is 2. The van der Waals surface area contributed by atoms with Crippen LogP contribution >= 0.6 is 0 Å². The topological polar surface area (TPSA) is 124 Å². The van der Waals surface area contributed by atoms with Crippen molar-refractivity contribution >= 4 is 34.1 Å². The third-order valence-corrected chi connectivity index (χ3v) is 6.90. The van der Waals surface area contributed by atoms with Crippen LogP contribution in [-0.2, 0) is 9.47 Å². The van der Waals surface area contributed by atoms with E-state index in [1.165, 1.54) is 6.20 Å². The van der Waals surface area contributed by atoms with E-state index in [1.807, 2.05) is 11.8 Å². The van der Waals surface area contributed by atoms with Gasteiger partial charge in [0.25, 0.3) is 0 Å². The summed E-state index contributed by atoms with van der Waals surface area (Å²) in [5.41, 5.74) is 8.37. The lowest BCUT2D eigenvalue weighted by Crippen LogP contribution is -2.47. The minimum absolute atomic E-state index is 0.0686. The molecule has 1 aromatic carbocycles. The Kier molecular flexibility index (Phi) is 7.43. The number of nitrogens with one attached hydrogen (secondary N) is 2. The molecule has 4 heterocycles. The van der Waals surface area contributed by atoms with Crippen LogP contribution in [0.5, 0.6) is 5.88 Å². The van der Waals surface area contributed by atoms with E-state index in [9.17, 15) is 9.18 Å². The fourth-order valence-electron chi connectivity index (χ4n) is 4.83. The molecule has 5 rings (SSSR count). The van der Waals surface area contributed by atoms with Crippen LogP contribution in [0, 0.1) is 12.7 Å². The van der Waals surface area contributed by atoms with E-state index in [4.69, 9.17) is 19.9 Å². The third kappa shape index (κ3) is 5.14. The van der Waals surface area contributed by atoms with E-state index in [0.717, 1.165) is 5.56 Å². The first-order valence-electron chi connectivity index (χ1n) is 12.4. The molecule has 0 bridgehead atoms. The Morgan fingerprint density at radius 1 is 1.32 bits per heavy atom. The molecule has 0 unspecified atom stereocenters. The van der Waals surface area contributed by atoms with Crippen LogP contribution < -0.4 is 21.1 Å². The Labute approximate surface area is 218 Å². The van der Waals surface area contributed by atoms with Crippen molar-refractivity contribution in [1.29, 1.82) is 0 Å². The summed E-state index contributed by atoms with van der Waals surface area (Å²) in [4.78, 5) is 23.0. The molecule has 12 heteroatoms. The number of nitrogens with zero attached hydrogens (tertiary/aromatic N) is 3. The first-order chi connectivity index (χ1) is 18.4. The van der Waals surface area contributed by atoms with Gasteiger partial charge in [0.2, 0.25) is 5.88 Å². The maximum Gasteiger partial charge on any atom is 0.413 e. The van der Waals surface area contributed by atoms with E-state index < -0.39 is 24.2 Å². The number of hydrogen-bond donors (Lipinski definition) is 3. The van der Waals surface area contributed by atoms with E-state index >= 15 is 4.39 Å². The second-order valence-corrected chi connectivity index (χ2v) is 9.36. The van der Waals surface area contributed by atoms with Crippen molar-refractivity contribution in [3.63, 3.8) is 0 Å². The number of halogens is 2. The maximum absolute atomic E-state index is 15.4. The molecule has 0 radical (unpaired) electrons. The third-order valence-electron chi connectivity index (χ3n) is 6.90.